The fourth-order valence-corrected chi connectivity index (χ4v) is 1.26. The molecule has 3 heteroatoms. The Kier molecular flexibility index (Phi) is 3.11. The maximum absolute atomic E-state index is 13.3. The fraction of sp³-hybridized carbons (Fsp3) is 0.455. The molecule has 0 spiro atoms. The van der Waals surface area contributed by atoms with E-state index in [1.165, 1.54) is 18.2 Å². The Morgan fingerprint density at radius 3 is 2.64 bits per heavy atom. The van der Waals surface area contributed by atoms with Gasteiger partial charge in [-0.15, -0.1) is 0 Å². The largest absolute Gasteiger partial charge is 0.508 e. The molecule has 0 unspecified atom stereocenters. The maximum atomic E-state index is 13.3. The van der Waals surface area contributed by atoms with Crippen molar-refractivity contribution in [3.8, 4) is 5.75 Å². The van der Waals surface area contributed by atoms with Crippen molar-refractivity contribution < 1.29 is 9.50 Å². The molecule has 1 rings (SSSR count). The Balaban J connectivity index is 2.91. The van der Waals surface area contributed by atoms with Gasteiger partial charge in [0.25, 0.3) is 0 Å². The first-order valence-electron chi connectivity index (χ1n) is 4.61. The van der Waals surface area contributed by atoms with Crippen molar-refractivity contribution in [1.29, 1.82) is 0 Å². The van der Waals surface area contributed by atoms with Gasteiger partial charge in [-0.2, -0.15) is 0 Å². The summed E-state index contributed by atoms with van der Waals surface area (Å²) in [4.78, 5) is 0. The number of phenols is 1. The lowest BCUT2D eigenvalue weighted by Crippen LogP contribution is -2.38. The number of hydrogen-bond acceptors (Lipinski definition) is 2. The smallest absolute Gasteiger partial charge is 0.126 e. The first-order valence-corrected chi connectivity index (χ1v) is 4.61. The van der Waals surface area contributed by atoms with Gasteiger partial charge in [0, 0.05) is 5.54 Å². The van der Waals surface area contributed by atoms with Crippen LogP contribution in [0.1, 0.15) is 19.4 Å². The molecule has 0 aromatic heterocycles. The Labute approximate surface area is 83.8 Å². The zero-order valence-corrected chi connectivity index (χ0v) is 8.76. The SMILES string of the molecule is CNC(C)(C)Cc1cc(O)ccc1F. The minimum Gasteiger partial charge on any atom is -0.508 e. The topological polar surface area (TPSA) is 32.3 Å². The molecule has 0 radical (unpaired) electrons. The van der Waals surface area contributed by atoms with Gasteiger partial charge in [-0.1, -0.05) is 0 Å². The van der Waals surface area contributed by atoms with Crippen LogP contribution in [0.2, 0.25) is 0 Å². The van der Waals surface area contributed by atoms with Crippen LogP contribution in [0.15, 0.2) is 18.2 Å². The highest BCUT2D eigenvalue weighted by molar-refractivity contribution is 5.29. The Bertz CT molecular complexity index is 323. The van der Waals surface area contributed by atoms with Crippen molar-refractivity contribution in [3.05, 3.63) is 29.6 Å². The molecule has 78 valence electrons. The summed E-state index contributed by atoms with van der Waals surface area (Å²) in [5, 5.41) is 12.3. The second kappa shape index (κ2) is 3.96. The van der Waals surface area contributed by atoms with Gasteiger partial charge in [-0.05, 0) is 51.1 Å². The predicted molar refractivity (Wildman–Crippen MR) is 54.9 cm³/mol. The van der Waals surface area contributed by atoms with Crippen molar-refractivity contribution in [3.63, 3.8) is 0 Å². The summed E-state index contributed by atoms with van der Waals surface area (Å²) in [5.74, 6) is -0.167. The highest BCUT2D eigenvalue weighted by Crippen LogP contribution is 2.20. The molecular formula is C11H16FNO. The van der Waals surface area contributed by atoms with E-state index < -0.39 is 0 Å². The van der Waals surface area contributed by atoms with E-state index in [9.17, 15) is 9.50 Å². The number of likely N-dealkylation sites (N-methyl/N-ethyl adjacent to an activating group) is 1. The molecule has 1 aromatic carbocycles. The van der Waals surface area contributed by atoms with Gasteiger partial charge in [0.15, 0.2) is 0 Å². The number of rotatable bonds is 3. The minimum atomic E-state index is -0.272. The van der Waals surface area contributed by atoms with Crippen LogP contribution in [-0.2, 0) is 6.42 Å². The molecule has 0 aliphatic rings. The number of halogens is 1. The predicted octanol–water partition coefficient (Wildman–Crippen LogP) is 2.07. The number of hydrogen-bond donors (Lipinski definition) is 2. The van der Waals surface area contributed by atoms with Crippen molar-refractivity contribution in [2.75, 3.05) is 7.05 Å². The van der Waals surface area contributed by atoms with Crippen LogP contribution < -0.4 is 5.32 Å². The van der Waals surface area contributed by atoms with Crippen molar-refractivity contribution in [2.24, 2.45) is 0 Å². The van der Waals surface area contributed by atoms with Crippen LogP contribution in [0.5, 0.6) is 5.75 Å². The summed E-state index contributed by atoms with van der Waals surface area (Å²) < 4.78 is 13.3. The average molecular weight is 197 g/mol. The number of aromatic hydroxyl groups is 1. The summed E-state index contributed by atoms with van der Waals surface area (Å²) in [6.45, 7) is 3.97. The lowest BCUT2D eigenvalue weighted by Gasteiger charge is -2.24. The summed E-state index contributed by atoms with van der Waals surface area (Å²) in [6, 6.07) is 4.11. The molecule has 2 nitrogen and oxygen atoms in total. The van der Waals surface area contributed by atoms with Crippen LogP contribution in [-0.4, -0.2) is 17.7 Å². The van der Waals surface area contributed by atoms with E-state index in [0.29, 0.717) is 12.0 Å². The molecule has 2 N–H and O–H groups in total. The lowest BCUT2D eigenvalue weighted by atomic mass is 9.95. The third-order valence-corrected chi connectivity index (χ3v) is 2.34. The van der Waals surface area contributed by atoms with Crippen LogP contribution in [0.4, 0.5) is 4.39 Å². The van der Waals surface area contributed by atoms with Crippen molar-refractivity contribution in [1.82, 2.24) is 5.32 Å². The number of phenolic OH excluding ortho intramolecular Hbond substituents is 1. The lowest BCUT2D eigenvalue weighted by molar-refractivity contribution is 0.411. The molecule has 0 saturated carbocycles. The van der Waals surface area contributed by atoms with Gasteiger partial charge in [0.2, 0.25) is 0 Å². The highest BCUT2D eigenvalue weighted by Gasteiger charge is 2.17. The Morgan fingerprint density at radius 2 is 2.07 bits per heavy atom. The maximum Gasteiger partial charge on any atom is 0.126 e. The molecular weight excluding hydrogens is 181 g/mol. The highest BCUT2D eigenvalue weighted by atomic mass is 19.1. The average Bonchev–Trinajstić information content (AvgIpc) is 2.11. The van der Waals surface area contributed by atoms with Gasteiger partial charge in [0.05, 0.1) is 0 Å². The quantitative estimate of drug-likeness (QED) is 0.777. The van der Waals surface area contributed by atoms with Crippen LogP contribution >= 0.6 is 0 Å². The molecule has 1 aromatic rings. The molecule has 0 aliphatic carbocycles. The second-order valence-corrected chi connectivity index (χ2v) is 4.09. The summed E-state index contributed by atoms with van der Waals surface area (Å²) in [6.07, 6.45) is 0.545. The normalized spacial score (nSPS) is 11.7. The first kappa shape index (κ1) is 11.0. The van der Waals surface area contributed by atoms with E-state index in [2.05, 4.69) is 5.32 Å². The zero-order valence-electron chi connectivity index (χ0n) is 8.76. The molecule has 14 heavy (non-hydrogen) atoms. The van der Waals surface area contributed by atoms with E-state index in [1.807, 2.05) is 20.9 Å². The van der Waals surface area contributed by atoms with E-state index in [1.54, 1.807) is 0 Å². The Morgan fingerprint density at radius 1 is 1.43 bits per heavy atom. The summed E-state index contributed by atoms with van der Waals surface area (Å²) in [5.41, 5.74) is 0.360. The van der Waals surface area contributed by atoms with Gasteiger partial charge < -0.3 is 10.4 Å². The summed E-state index contributed by atoms with van der Waals surface area (Å²) in [7, 11) is 1.83. The molecule has 0 saturated heterocycles. The molecule has 0 aliphatic heterocycles. The fourth-order valence-electron chi connectivity index (χ4n) is 1.26. The molecule has 0 bridgehead atoms. The van der Waals surface area contributed by atoms with Crippen LogP contribution in [0, 0.1) is 5.82 Å². The molecule has 0 fully saturated rings. The van der Waals surface area contributed by atoms with Gasteiger partial charge >= 0.3 is 0 Å². The van der Waals surface area contributed by atoms with Crippen molar-refractivity contribution in [2.45, 2.75) is 25.8 Å². The van der Waals surface area contributed by atoms with E-state index in [4.69, 9.17) is 0 Å². The number of benzene rings is 1. The van der Waals surface area contributed by atoms with E-state index in [0.717, 1.165) is 0 Å². The van der Waals surface area contributed by atoms with Crippen LogP contribution in [0.25, 0.3) is 0 Å². The zero-order chi connectivity index (χ0) is 10.8. The summed E-state index contributed by atoms with van der Waals surface area (Å²) >= 11 is 0. The molecule has 0 atom stereocenters. The Hall–Kier alpha value is -1.09. The van der Waals surface area contributed by atoms with E-state index >= 15 is 0 Å². The standard InChI is InChI=1S/C11H16FNO/c1-11(2,13-3)7-8-6-9(14)4-5-10(8)12/h4-6,13-14H,7H2,1-3H3. The number of nitrogens with one attached hydrogen (secondary N) is 1. The van der Waals surface area contributed by atoms with Gasteiger partial charge in [-0.25, -0.2) is 4.39 Å². The third kappa shape index (κ3) is 2.70. The first-order chi connectivity index (χ1) is 6.44. The van der Waals surface area contributed by atoms with Crippen molar-refractivity contribution >= 4 is 0 Å². The van der Waals surface area contributed by atoms with Gasteiger partial charge in [-0.3, -0.25) is 0 Å². The molecule has 0 heterocycles. The molecule has 0 amide bonds. The minimum absolute atomic E-state index is 0.105. The van der Waals surface area contributed by atoms with Crippen LogP contribution in [0.3, 0.4) is 0 Å². The third-order valence-electron chi connectivity index (χ3n) is 2.34. The van der Waals surface area contributed by atoms with Gasteiger partial charge in [0.1, 0.15) is 11.6 Å². The second-order valence-electron chi connectivity index (χ2n) is 4.09. The monoisotopic (exact) mass is 197 g/mol. The van der Waals surface area contributed by atoms with E-state index in [-0.39, 0.29) is 17.1 Å².